The second-order valence-corrected chi connectivity index (χ2v) is 5.39. The van der Waals surface area contributed by atoms with E-state index < -0.39 is 6.10 Å². The number of hydrogen-bond donors (Lipinski definition) is 1. The van der Waals surface area contributed by atoms with E-state index in [9.17, 15) is 14.3 Å². The normalized spacial score (nSPS) is 18.8. The maximum atomic E-state index is 12.9. The summed E-state index contributed by atoms with van der Waals surface area (Å²) in [6, 6.07) is 11.3. The van der Waals surface area contributed by atoms with Gasteiger partial charge in [0.1, 0.15) is 11.9 Å². The number of hydrogen-bond acceptors (Lipinski definition) is 2. The van der Waals surface area contributed by atoms with Crippen molar-refractivity contribution in [3.05, 3.63) is 65.0 Å². The van der Waals surface area contributed by atoms with Crippen LogP contribution in [0.3, 0.4) is 0 Å². The standard InChI is InChI=1S/C17H16FNO2/c1-10-14-9-12(5-8-15(14)19(2)17(10)21)16(20)11-3-6-13(18)7-4-11/h3-10,16,20H,1-2H3. The number of rotatable bonds is 2. The van der Waals surface area contributed by atoms with Gasteiger partial charge in [0, 0.05) is 12.7 Å². The van der Waals surface area contributed by atoms with Crippen LogP contribution in [-0.4, -0.2) is 18.1 Å². The van der Waals surface area contributed by atoms with E-state index >= 15 is 0 Å². The van der Waals surface area contributed by atoms with E-state index in [-0.39, 0.29) is 17.6 Å². The summed E-state index contributed by atoms with van der Waals surface area (Å²) in [7, 11) is 1.75. The lowest BCUT2D eigenvalue weighted by Crippen LogP contribution is -2.22. The Morgan fingerprint density at radius 2 is 1.76 bits per heavy atom. The molecule has 4 heteroatoms. The van der Waals surface area contributed by atoms with E-state index in [0.717, 1.165) is 11.3 Å². The minimum absolute atomic E-state index is 0.0541. The molecule has 2 unspecified atom stereocenters. The molecule has 2 atom stereocenters. The van der Waals surface area contributed by atoms with E-state index in [1.165, 1.54) is 12.1 Å². The number of aliphatic hydroxyl groups excluding tert-OH is 1. The van der Waals surface area contributed by atoms with Crippen LogP contribution in [0.2, 0.25) is 0 Å². The summed E-state index contributed by atoms with van der Waals surface area (Å²) >= 11 is 0. The molecule has 0 saturated carbocycles. The molecule has 0 saturated heterocycles. The summed E-state index contributed by atoms with van der Waals surface area (Å²) in [6.45, 7) is 1.86. The molecule has 0 fully saturated rings. The van der Waals surface area contributed by atoms with Crippen molar-refractivity contribution in [2.45, 2.75) is 18.9 Å². The highest BCUT2D eigenvalue weighted by Gasteiger charge is 2.32. The molecule has 1 heterocycles. The summed E-state index contributed by atoms with van der Waals surface area (Å²) in [4.78, 5) is 13.6. The van der Waals surface area contributed by atoms with Gasteiger partial charge < -0.3 is 10.0 Å². The fraction of sp³-hybridized carbons (Fsp3) is 0.235. The summed E-state index contributed by atoms with van der Waals surface area (Å²) in [6.07, 6.45) is -0.830. The molecule has 1 aliphatic rings. The second kappa shape index (κ2) is 4.97. The number of carbonyl (C=O) groups excluding carboxylic acids is 1. The zero-order valence-electron chi connectivity index (χ0n) is 11.9. The van der Waals surface area contributed by atoms with Crippen LogP contribution in [0, 0.1) is 5.82 Å². The van der Waals surface area contributed by atoms with Crippen LogP contribution < -0.4 is 4.90 Å². The lowest BCUT2D eigenvalue weighted by molar-refractivity contribution is -0.118. The third kappa shape index (κ3) is 2.21. The fourth-order valence-electron chi connectivity index (χ4n) is 2.78. The third-order valence-corrected chi connectivity index (χ3v) is 4.08. The Balaban J connectivity index is 1.98. The summed E-state index contributed by atoms with van der Waals surface area (Å²) < 4.78 is 12.9. The van der Waals surface area contributed by atoms with Gasteiger partial charge in [0.05, 0.1) is 5.92 Å². The Bertz CT molecular complexity index is 696. The van der Waals surface area contributed by atoms with Crippen molar-refractivity contribution in [3.8, 4) is 0 Å². The van der Waals surface area contributed by atoms with Crippen LogP contribution in [0.15, 0.2) is 42.5 Å². The molecule has 3 rings (SSSR count). The molecule has 2 aromatic rings. The zero-order valence-corrected chi connectivity index (χ0v) is 11.9. The van der Waals surface area contributed by atoms with Gasteiger partial charge in [-0.1, -0.05) is 18.2 Å². The number of nitrogens with zero attached hydrogens (tertiary/aromatic N) is 1. The van der Waals surface area contributed by atoms with Crippen LogP contribution in [0.5, 0.6) is 0 Å². The predicted octanol–water partition coefficient (Wildman–Crippen LogP) is 2.99. The minimum atomic E-state index is -0.830. The molecular formula is C17H16FNO2. The van der Waals surface area contributed by atoms with Gasteiger partial charge in [-0.2, -0.15) is 0 Å². The Morgan fingerprint density at radius 3 is 2.43 bits per heavy atom. The van der Waals surface area contributed by atoms with Crippen LogP contribution in [0.4, 0.5) is 10.1 Å². The highest BCUT2D eigenvalue weighted by atomic mass is 19.1. The van der Waals surface area contributed by atoms with Crippen molar-refractivity contribution in [2.75, 3.05) is 11.9 Å². The van der Waals surface area contributed by atoms with Gasteiger partial charge in [0.15, 0.2) is 0 Å². The molecule has 0 aromatic heterocycles. The summed E-state index contributed by atoms with van der Waals surface area (Å²) in [5.41, 5.74) is 3.13. The molecule has 1 N–H and O–H groups in total. The first-order chi connectivity index (χ1) is 9.99. The van der Waals surface area contributed by atoms with Gasteiger partial charge in [-0.05, 0) is 47.9 Å². The first-order valence-corrected chi connectivity index (χ1v) is 6.84. The van der Waals surface area contributed by atoms with Crippen molar-refractivity contribution in [3.63, 3.8) is 0 Å². The van der Waals surface area contributed by atoms with Crippen LogP contribution >= 0.6 is 0 Å². The summed E-state index contributed by atoms with van der Waals surface area (Å²) in [5.74, 6) is -0.482. The van der Waals surface area contributed by atoms with Gasteiger partial charge in [-0.15, -0.1) is 0 Å². The van der Waals surface area contributed by atoms with E-state index in [1.54, 1.807) is 30.1 Å². The number of anilines is 1. The van der Waals surface area contributed by atoms with Crippen LogP contribution in [0.1, 0.15) is 35.6 Å². The van der Waals surface area contributed by atoms with E-state index in [4.69, 9.17) is 0 Å². The summed E-state index contributed by atoms with van der Waals surface area (Å²) in [5, 5.41) is 10.4. The Morgan fingerprint density at radius 1 is 1.14 bits per heavy atom. The van der Waals surface area contributed by atoms with Crippen LogP contribution in [-0.2, 0) is 4.79 Å². The highest BCUT2D eigenvalue weighted by molar-refractivity contribution is 6.04. The number of carbonyl (C=O) groups is 1. The smallest absolute Gasteiger partial charge is 0.234 e. The lowest BCUT2D eigenvalue weighted by Gasteiger charge is -2.14. The number of benzene rings is 2. The second-order valence-electron chi connectivity index (χ2n) is 5.39. The number of aliphatic hydroxyl groups is 1. The van der Waals surface area contributed by atoms with E-state index in [1.807, 2.05) is 19.1 Å². The largest absolute Gasteiger partial charge is 0.384 e. The predicted molar refractivity (Wildman–Crippen MR) is 78.7 cm³/mol. The topological polar surface area (TPSA) is 40.5 Å². The number of fused-ring (bicyclic) bond motifs is 1. The molecule has 0 bridgehead atoms. The number of halogens is 1. The highest BCUT2D eigenvalue weighted by Crippen LogP contribution is 2.38. The van der Waals surface area contributed by atoms with Gasteiger partial charge in [-0.25, -0.2) is 4.39 Å². The van der Waals surface area contributed by atoms with E-state index in [0.29, 0.717) is 11.1 Å². The SMILES string of the molecule is CC1C(=O)N(C)c2ccc(C(O)c3ccc(F)cc3)cc21. The van der Waals surface area contributed by atoms with Crippen molar-refractivity contribution in [1.82, 2.24) is 0 Å². The molecule has 1 aliphatic heterocycles. The maximum Gasteiger partial charge on any atom is 0.234 e. The maximum absolute atomic E-state index is 12.9. The van der Waals surface area contributed by atoms with Gasteiger partial charge >= 0.3 is 0 Å². The first-order valence-electron chi connectivity index (χ1n) is 6.84. The molecule has 0 radical (unpaired) electrons. The minimum Gasteiger partial charge on any atom is -0.384 e. The molecule has 2 aromatic carbocycles. The average Bonchev–Trinajstić information content (AvgIpc) is 2.72. The average molecular weight is 285 g/mol. The molecular weight excluding hydrogens is 269 g/mol. The number of amides is 1. The van der Waals surface area contributed by atoms with Gasteiger partial charge in [-0.3, -0.25) is 4.79 Å². The van der Waals surface area contributed by atoms with Gasteiger partial charge in [0.2, 0.25) is 5.91 Å². The zero-order chi connectivity index (χ0) is 15.1. The van der Waals surface area contributed by atoms with Gasteiger partial charge in [0.25, 0.3) is 0 Å². The quantitative estimate of drug-likeness (QED) is 0.921. The first kappa shape index (κ1) is 13.8. The third-order valence-electron chi connectivity index (χ3n) is 4.08. The van der Waals surface area contributed by atoms with Crippen molar-refractivity contribution < 1.29 is 14.3 Å². The van der Waals surface area contributed by atoms with Crippen LogP contribution in [0.25, 0.3) is 0 Å². The van der Waals surface area contributed by atoms with Crippen molar-refractivity contribution >= 4 is 11.6 Å². The number of likely N-dealkylation sites (N-methyl/N-ethyl adjacent to an activating group) is 1. The lowest BCUT2D eigenvalue weighted by atomic mass is 9.95. The van der Waals surface area contributed by atoms with E-state index in [2.05, 4.69) is 0 Å². The Hall–Kier alpha value is -2.20. The van der Waals surface area contributed by atoms with Crippen molar-refractivity contribution in [2.24, 2.45) is 0 Å². The molecule has 3 nitrogen and oxygen atoms in total. The molecule has 21 heavy (non-hydrogen) atoms. The fourth-order valence-corrected chi connectivity index (χ4v) is 2.78. The van der Waals surface area contributed by atoms with Crippen molar-refractivity contribution in [1.29, 1.82) is 0 Å². The Labute approximate surface area is 122 Å². The molecule has 1 amide bonds. The molecule has 0 aliphatic carbocycles. The monoisotopic (exact) mass is 285 g/mol. The molecule has 0 spiro atoms. The Kier molecular flexibility index (Phi) is 3.26. The molecule has 108 valence electrons.